The van der Waals surface area contributed by atoms with Gasteiger partial charge >= 0.3 is 0 Å². The van der Waals surface area contributed by atoms with E-state index in [0.29, 0.717) is 0 Å². The van der Waals surface area contributed by atoms with Gasteiger partial charge in [-0.25, -0.2) is 0 Å². The Bertz CT molecular complexity index is 1050. The molecule has 0 amide bonds. The van der Waals surface area contributed by atoms with Crippen molar-refractivity contribution in [2.45, 2.75) is 0 Å². The molecule has 0 spiro atoms. The van der Waals surface area contributed by atoms with Crippen LogP contribution in [0.3, 0.4) is 0 Å². The van der Waals surface area contributed by atoms with Gasteiger partial charge in [0.25, 0.3) is 81.0 Å². The number of hydrogen-bond donors (Lipinski definition) is 0. The van der Waals surface area contributed by atoms with Gasteiger partial charge in [-0.3, -0.25) is 76.7 Å². The van der Waals surface area contributed by atoms with Crippen LogP contribution in [0.4, 0.5) is 0 Å². The molecule has 0 fully saturated rings. The Morgan fingerprint density at radius 1 is 0.250 bits per heavy atom. The lowest BCUT2D eigenvalue weighted by molar-refractivity contribution is -0.157. The molecule has 0 bridgehead atoms. The van der Waals surface area contributed by atoms with Crippen LogP contribution < -0.4 is 0 Å². The SMILES string of the molecule is O=CC(=O)C(=O)C(=O)C(=O)C(=O)C(=O)C(=O)C(=O)C(=O)C(=O)C(=O)C(=O)C(=O)C(=O)C=O. The topological polar surface area (TPSA) is 273 Å². The van der Waals surface area contributed by atoms with Gasteiger partial charge in [0, 0.05) is 0 Å². The molecule has 0 radical (unpaired) electrons. The van der Waals surface area contributed by atoms with E-state index in [4.69, 9.17) is 0 Å². The monoisotopic (exact) mass is 450 g/mol. The Morgan fingerprint density at radius 3 is 0.500 bits per heavy atom. The molecule has 0 aliphatic carbocycles. The molecule has 0 aliphatic rings. The third-order valence-corrected chi connectivity index (χ3v) is 2.93. The van der Waals surface area contributed by atoms with E-state index >= 15 is 0 Å². The summed E-state index contributed by atoms with van der Waals surface area (Å²) in [6, 6.07) is 0. The number of ketones is 14. The average molecular weight is 450 g/mol. The Labute approximate surface area is 171 Å². The van der Waals surface area contributed by atoms with Gasteiger partial charge in [-0.2, -0.15) is 0 Å². The van der Waals surface area contributed by atoms with Crippen LogP contribution in [-0.4, -0.2) is 93.5 Å². The number of hydrogen-bond acceptors (Lipinski definition) is 16. The van der Waals surface area contributed by atoms with Crippen LogP contribution in [0.2, 0.25) is 0 Å². The summed E-state index contributed by atoms with van der Waals surface area (Å²) in [5, 5.41) is 0. The maximum absolute atomic E-state index is 11.5. The summed E-state index contributed by atoms with van der Waals surface area (Å²) in [7, 11) is 0. The maximum atomic E-state index is 11.5. The summed E-state index contributed by atoms with van der Waals surface area (Å²) < 4.78 is 0. The van der Waals surface area contributed by atoms with Gasteiger partial charge in [0.05, 0.1) is 0 Å². The van der Waals surface area contributed by atoms with E-state index in [1.54, 1.807) is 0 Å². The highest BCUT2D eigenvalue weighted by atomic mass is 16.2. The van der Waals surface area contributed by atoms with Crippen molar-refractivity contribution in [2.75, 3.05) is 0 Å². The first-order valence-electron chi connectivity index (χ1n) is 7.16. The first-order chi connectivity index (χ1) is 14.6. The third-order valence-electron chi connectivity index (χ3n) is 2.93. The van der Waals surface area contributed by atoms with Crippen LogP contribution in [0.15, 0.2) is 0 Å². The fraction of sp³-hybridized carbons (Fsp3) is 0. The molecule has 0 atom stereocenters. The predicted octanol–water partition coefficient (Wildman–Crippen LogP) is -6.65. The second-order valence-corrected chi connectivity index (χ2v) is 4.91. The first-order valence-corrected chi connectivity index (χ1v) is 7.16. The zero-order valence-electron chi connectivity index (χ0n) is 14.7. The van der Waals surface area contributed by atoms with Gasteiger partial charge in [0.15, 0.2) is 12.6 Å². The smallest absolute Gasteiger partial charge is 0.281 e. The van der Waals surface area contributed by atoms with E-state index in [-0.39, 0.29) is 0 Å². The van der Waals surface area contributed by atoms with E-state index < -0.39 is 93.5 Å². The third kappa shape index (κ3) is 5.41. The quantitative estimate of drug-likeness (QED) is 0.127. The van der Waals surface area contributed by atoms with E-state index in [1.807, 2.05) is 0 Å². The maximum Gasteiger partial charge on any atom is 0.281 e. The fourth-order valence-corrected chi connectivity index (χ4v) is 1.36. The van der Waals surface area contributed by atoms with Gasteiger partial charge in [-0.05, 0) is 0 Å². The summed E-state index contributed by atoms with van der Waals surface area (Å²) >= 11 is 0. The molecule has 16 nitrogen and oxygen atoms in total. The van der Waals surface area contributed by atoms with Crippen molar-refractivity contribution in [1.82, 2.24) is 0 Å². The minimum absolute atomic E-state index is 0.746. The van der Waals surface area contributed by atoms with E-state index in [1.165, 1.54) is 0 Å². The Balaban J connectivity index is 5.56. The number of carbonyl (C=O) groups is 16. The van der Waals surface area contributed by atoms with Gasteiger partial charge in [-0.1, -0.05) is 0 Å². The van der Waals surface area contributed by atoms with Crippen LogP contribution >= 0.6 is 0 Å². The van der Waals surface area contributed by atoms with Gasteiger partial charge in [0.2, 0.25) is 0 Å². The standard InChI is InChI=1S/C16H2O16/c17-1-3(19)5(21)7(23)9(25)11(27)13(29)15(31)16(32)14(30)12(28)10(26)8(24)6(22)4(20)2-18/h1-2H. The van der Waals surface area contributed by atoms with Gasteiger partial charge in [-0.15, -0.1) is 0 Å². The molecule has 0 aromatic heterocycles. The van der Waals surface area contributed by atoms with Crippen molar-refractivity contribution in [3.05, 3.63) is 0 Å². The second-order valence-electron chi connectivity index (χ2n) is 4.91. The molecule has 0 unspecified atom stereocenters. The van der Waals surface area contributed by atoms with Crippen LogP contribution in [0.25, 0.3) is 0 Å². The lowest BCUT2D eigenvalue weighted by Crippen LogP contribution is -2.46. The van der Waals surface area contributed by atoms with Crippen molar-refractivity contribution < 1.29 is 76.7 Å². The molecule has 0 heterocycles. The summed E-state index contributed by atoms with van der Waals surface area (Å²) in [5.74, 6) is -36.3. The molecule has 16 heteroatoms. The van der Waals surface area contributed by atoms with E-state index in [2.05, 4.69) is 0 Å². The zero-order chi connectivity index (χ0) is 25.5. The van der Waals surface area contributed by atoms with Crippen molar-refractivity contribution in [2.24, 2.45) is 0 Å². The summed E-state index contributed by atoms with van der Waals surface area (Å²) in [6.45, 7) is 0. The average Bonchev–Trinajstić information content (AvgIpc) is 2.81. The van der Waals surface area contributed by atoms with E-state index in [9.17, 15) is 76.7 Å². The summed E-state index contributed by atoms with van der Waals surface area (Å²) in [4.78, 5) is 177. The van der Waals surface area contributed by atoms with Crippen LogP contribution in [0.5, 0.6) is 0 Å². The highest BCUT2D eigenvalue weighted by Gasteiger charge is 2.45. The van der Waals surface area contributed by atoms with Crippen LogP contribution in [0, 0.1) is 0 Å². The lowest BCUT2D eigenvalue weighted by atomic mass is 9.96. The lowest BCUT2D eigenvalue weighted by Gasteiger charge is -1.98. The van der Waals surface area contributed by atoms with Crippen molar-refractivity contribution in [3.8, 4) is 0 Å². The second kappa shape index (κ2) is 10.5. The fourth-order valence-electron chi connectivity index (χ4n) is 1.36. The molecule has 162 valence electrons. The van der Waals surface area contributed by atoms with Crippen molar-refractivity contribution in [3.63, 3.8) is 0 Å². The number of rotatable bonds is 15. The number of Topliss-reactive ketones (excluding diaryl/α,β-unsaturated/α-hetero) is 14. The highest BCUT2D eigenvalue weighted by molar-refractivity contribution is 7.06. The number of carbonyl (C=O) groups excluding carboxylic acids is 16. The molecule has 0 aromatic carbocycles. The van der Waals surface area contributed by atoms with Gasteiger partial charge < -0.3 is 0 Å². The molecule has 0 N–H and O–H groups in total. The van der Waals surface area contributed by atoms with Gasteiger partial charge in [0.1, 0.15) is 0 Å². The minimum Gasteiger partial charge on any atom is -0.294 e. The first kappa shape index (κ1) is 26.7. The molecule has 0 aliphatic heterocycles. The Morgan fingerprint density at radius 2 is 0.375 bits per heavy atom. The molecule has 0 aromatic rings. The molecule has 32 heavy (non-hydrogen) atoms. The molecule has 0 saturated heterocycles. The predicted molar refractivity (Wildman–Crippen MR) is 82.2 cm³/mol. The van der Waals surface area contributed by atoms with Crippen LogP contribution in [-0.2, 0) is 76.7 Å². The summed E-state index contributed by atoms with van der Waals surface area (Å²) in [5.41, 5.74) is 0. The summed E-state index contributed by atoms with van der Waals surface area (Å²) in [6.07, 6.45) is -1.49. The Kier molecular flexibility index (Phi) is 8.75. The normalized spacial score (nSPS) is 9.38. The molecule has 0 saturated carbocycles. The Hall–Kier alpha value is -5.28. The number of aldehydes is 2. The zero-order valence-corrected chi connectivity index (χ0v) is 14.7. The van der Waals surface area contributed by atoms with Crippen molar-refractivity contribution >= 4 is 93.5 Å². The molecular weight excluding hydrogens is 448 g/mol. The largest absolute Gasteiger partial charge is 0.294 e. The minimum atomic E-state index is -2.82. The van der Waals surface area contributed by atoms with E-state index in [0.717, 1.165) is 0 Å². The van der Waals surface area contributed by atoms with Crippen LogP contribution in [0.1, 0.15) is 0 Å². The molecular formula is C16H2O16. The highest BCUT2D eigenvalue weighted by Crippen LogP contribution is 1.95. The molecule has 0 rings (SSSR count). The van der Waals surface area contributed by atoms with Crippen molar-refractivity contribution in [1.29, 1.82) is 0 Å².